The van der Waals surface area contributed by atoms with Gasteiger partial charge in [0.2, 0.25) is 0 Å². The zero-order valence-electron chi connectivity index (χ0n) is 24.0. The zero-order chi connectivity index (χ0) is 29.6. The molecule has 9 rings (SSSR count). The van der Waals surface area contributed by atoms with E-state index in [1.54, 1.807) is 24.4 Å². The SMILES string of the molecule is NC(=NC1CC=CC1)c1nc2ccc(-c3ccc4c(c3)C(F)(F)c3cc(-c5cnc([C@@H]6CC7(CC7)CN6)[nH]5)ccc3-4)cc2[nH]1. The van der Waals surface area contributed by atoms with Gasteiger partial charge in [0.15, 0.2) is 11.7 Å². The molecule has 3 aromatic carbocycles. The van der Waals surface area contributed by atoms with Crippen LogP contribution in [0.25, 0.3) is 44.5 Å². The molecule has 2 fully saturated rings. The Balaban J connectivity index is 1.01. The molecule has 44 heavy (non-hydrogen) atoms. The average Bonchev–Trinajstić information content (AvgIpc) is 3.61. The van der Waals surface area contributed by atoms with Crippen molar-refractivity contribution in [1.82, 2.24) is 25.3 Å². The van der Waals surface area contributed by atoms with E-state index in [0.717, 1.165) is 53.9 Å². The molecule has 0 unspecified atom stereocenters. The number of rotatable bonds is 5. The van der Waals surface area contributed by atoms with Gasteiger partial charge in [-0.15, -0.1) is 0 Å². The molecule has 4 aliphatic rings. The fourth-order valence-corrected chi connectivity index (χ4v) is 7.18. The summed E-state index contributed by atoms with van der Waals surface area (Å²) in [6, 6.07) is 16.7. The second kappa shape index (κ2) is 9.19. The third kappa shape index (κ3) is 4.06. The monoisotopic (exact) mass is 587 g/mol. The molecule has 1 spiro atoms. The fourth-order valence-electron chi connectivity index (χ4n) is 7.18. The third-order valence-electron chi connectivity index (χ3n) is 9.92. The van der Waals surface area contributed by atoms with Crippen molar-refractivity contribution >= 4 is 16.9 Å². The summed E-state index contributed by atoms with van der Waals surface area (Å²) < 4.78 is 32.2. The van der Waals surface area contributed by atoms with Crippen LogP contribution in [0.15, 0.2) is 77.9 Å². The molecule has 1 aliphatic heterocycles. The molecule has 9 heteroatoms. The standard InChI is InChI=1S/C35H31F2N7/c36-35(37)25-13-19(20-7-10-27-28(15-20)43-33(42-27)31(38)41-22-3-1-2-4-22)5-8-23(25)24-9-6-21(14-26(24)35)30-17-39-32(44-30)29-16-34(11-12-34)18-40-29/h1-2,5-10,13-15,17,22,29,40H,3-4,11-12,16,18H2,(H2,38,41)(H,39,44)(H,42,43)/t29-/m0/s1. The van der Waals surface area contributed by atoms with Crippen LogP contribution in [0, 0.1) is 5.41 Å². The molecular weight excluding hydrogens is 556 g/mol. The van der Waals surface area contributed by atoms with Crippen LogP contribution in [0.2, 0.25) is 0 Å². The molecule has 0 amide bonds. The number of hydrogen-bond acceptors (Lipinski definition) is 4. The summed E-state index contributed by atoms with van der Waals surface area (Å²) in [5.41, 5.74) is 12.4. The smallest absolute Gasteiger partial charge is 0.299 e. The molecule has 1 saturated heterocycles. The predicted molar refractivity (Wildman–Crippen MR) is 167 cm³/mol. The summed E-state index contributed by atoms with van der Waals surface area (Å²) in [6.45, 7) is 1.03. The lowest BCUT2D eigenvalue weighted by Crippen LogP contribution is -2.18. The molecule has 5 N–H and O–H groups in total. The first kappa shape index (κ1) is 25.8. The van der Waals surface area contributed by atoms with Gasteiger partial charge in [-0.3, -0.25) is 4.99 Å². The number of nitrogens with one attached hydrogen (secondary N) is 3. The molecule has 1 saturated carbocycles. The Bertz CT molecular complexity index is 2020. The Morgan fingerprint density at radius 1 is 0.886 bits per heavy atom. The molecule has 0 radical (unpaired) electrons. The van der Waals surface area contributed by atoms with Crippen molar-refractivity contribution in [3.8, 4) is 33.5 Å². The van der Waals surface area contributed by atoms with Gasteiger partial charge in [0.25, 0.3) is 5.92 Å². The highest BCUT2D eigenvalue weighted by Gasteiger charge is 2.49. The minimum atomic E-state index is -3.13. The quantitative estimate of drug-likeness (QED) is 0.101. The van der Waals surface area contributed by atoms with Crippen molar-refractivity contribution in [3.63, 3.8) is 0 Å². The Morgan fingerprint density at radius 2 is 1.59 bits per heavy atom. The summed E-state index contributed by atoms with van der Waals surface area (Å²) in [5, 5.41) is 3.57. The second-order valence-electron chi connectivity index (χ2n) is 12.8. The molecule has 2 aromatic heterocycles. The number of aromatic nitrogens is 4. The highest BCUT2D eigenvalue weighted by atomic mass is 19.3. The minimum Gasteiger partial charge on any atom is -0.381 e. The predicted octanol–water partition coefficient (Wildman–Crippen LogP) is 6.98. The number of alkyl halides is 2. The maximum Gasteiger partial charge on any atom is 0.299 e. The van der Waals surface area contributed by atoms with Crippen molar-refractivity contribution in [1.29, 1.82) is 0 Å². The maximum atomic E-state index is 16.1. The van der Waals surface area contributed by atoms with Gasteiger partial charge in [-0.05, 0) is 84.0 Å². The van der Waals surface area contributed by atoms with Gasteiger partial charge in [-0.2, -0.15) is 8.78 Å². The fraction of sp³-hybridized carbons (Fsp3) is 0.286. The summed E-state index contributed by atoms with van der Waals surface area (Å²) in [7, 11) is 0. The number of amidine groups is 1. The topological polar surface area (TPSA) is 108 Å². The van der Waals surface area contributed by atoms with Crippen molar-refractivity contribution in [2.75, 3.05) is 6.54 Å². The summed E-state index contributed by atoms with van der Waals surface area (Å²) in [6.07, 6.45) is 11.4. The van der Waals surface area contributed by atoms with Crippen molar-refractivity contribution in [2.45, 2.75) is 50.1 Å². The Labute approximate surface area is 252 Å². The minimum absolute atomic E-state index is 0.0179. The van der Waals surface area contributed by atoms with Crippen LogP contribution in [0.3, 0.4) is 0 Å². The van der Waals surface area contributed by atoms with Crippen LogP contribution in [-0.4, -0.2) is 38.4 Å². The molecule has 0 bridgehead atoms. The largest absolute Gasteiger partial charge is 0.381 e. The van der Waals surface area contributed by atoms with E-state index in [-0.39, 0.29) is 23.2 Å². The molecule has 3 aliphatic carbocycles. The summed E-state index contributed by atoms with van der Waals surface area (Å²) in [5.74, 6) is -1.35. The number of fused-ring (bicyclic) bond motifs is 4. The van der Waals surface area contributed by atoms with Gasteiger partial charge in [0.05, 0.1) is 35.0 Å². The van der Waals surface area contributed by atoms with Crippen LogP contribution >= 0.6 is 0 Å². The van der Waals surface area contributed by atoms with E-state index in [2.05, 4.69) is 42.4 Å². The Hall–Kier alpha value is -4.63. The van der Waals surface area contributed by atoms with E-state index in [0.29, 0.717) is 39.3 Å². The Kier molecular flexibility index (Phi) is 5.39. The third-order valence-corrected chi connectivity index (χ3v) is 9.92. The number of aliphatic imine (C=N–C) groups is 1. The highest BCUT2D eigenvalue weighted by molar-refractivity contribution is 5.97. The average molecular weight is 588 g/mol. The number of benzene rings is 3. The molecule has 1 atom stereocenters. The number of aromatic amines is 2. The van der Waals surface area contributed by atoms with Gasteiger partial charge in [-0.1, -0.05) is 42.5 Å². The molecule has 7 nitrogen and oxygen atoms in total. The van der Waals surface area contributed by atoms with E-state index >= 15 is 8.78 Å². The Morgan fingerprint density at radius 3 is 2.34 bits per heavy atom. The van der Waals surface area contributed by atoms with Crippen LogP contribution in [0.1, 0.15) is 60.9 Å². The van der Waals surface area contributed by atoms with Crippen LogP contribution in [0.5, 0.6) is 0 Å². The first-order valence-corrected chi connectivity index (χ1v) is 15.3. The lowest BCUT2D eigenvalue weighted by molar-refractivity contribution is 0.0481. The first-order chi connectivity index (χ1) is 21.4. The molecule has 220 valence electrons. The lowest BCUT2D eigenvalue weighted by atomic mass is 9.98. The van der Waals surface area contributed by atoms with E-state index in [4.69, 9.17) is 5.73 Å². The van der Waals surface area contributed by atoms with E-state index < -0.39 is 5.92 Å². The van der Waals surface area contributed by atoms with E-state index in [1.165, 1.54) is 12.8 Å². The number of hydrogen-bond donors (Lipinski definition) is 4. The lowest BCUT2D eigenvalue weighted by Gasteiger charge is -2.14. The number of H-pyrrole nitrogens is 2. The summed E-state index contributed by atoms with van der Waals surface area (Å²) >= 11 is 0. The van der Waals surface area contributed by atoms with Crippen LogP contribution < -0.4 is 11.1 Å². The van der Waals surface area contributed by atoms with Crippen molar-refractivity contribution in [2.24, 2.45) is 16.1 Å². The van der Waals surface area contributed by atoms with Crippen LogP contribution in [-0.2, 0) is 5.92 Å². The van der Waals surface area contributed by atoms with Gasteiger partial charge >= 0.3 is 0 Å². The van der Waals surface area contributed by atoms with Gasteiger partial charge in [-0.25, -0.2) is 9.97 Å². The van der Waals surface area contributed by atoms with Crippen molar-refractivity contribution in [3.05, 3.63) is 95.7 Å². The second-order valence-corrected chi connectivity index (χ2v) is 12.8. The number of nitrogens with zero attached hydrogens (tertiary/aromatic N) is 3. The first-order valence-electron chi connectivity index (χ1n) is 15.3. The number of halogens is 2. The van der Waals surface area contributed by atoms with Gasteiger partial charge < -0.3 is 21.0 Å². The number of imidazole rings is 2. The van der Waals surface area contributed by atoms with Crippen molar-refractivity contribution < 1.29 is 8.78 Å². The van der Waals surface area contributed by atoms with E-state index in [9.17, 15) is 0 Å². The summed E-state index contributed by atoms with van der Waals surface area (Å²) in [4.78, 5) is 20.5. The molecular formula is C35H31F2N7. The van der Waals surface area contributed by atoms with Crippen LogP contribution in [0.4, 0.5) is 8.78 Å². The highest BCUT2D eigenvalue weighted by Crippen LogP contribution is 2.55. The molecule has 3 heterocycles. The zero-order valence-corrected chi connectivity index (χ0v) is 24.0. The normalized spacial score (nSPS) is 21.4. The van der Waals surface area contributed by atoms with E-state index in [1.807, 2.05) is 36.4 Å². The molecule has 5 aromatic rings. The van der Waals surface area contributed by atoms with Gasteiger partial charge in [0, 0.05) is 23.2 Å². The van der Waals surface area contributed by atoms with Gasteiger partial charge in [0.1, 0.15) is 5.82 Å². The maximum absolute atomic E-state index is 16.1. The number of nitrogens with two attached hydrogens (primary N) is 1.